The Balaban J connectivity index is 0.00000225. The summed E-state index contributed by atoms with van der Waals surface area (Å²) in [5.74, 6) is 0.249. The normalized spacial score (nSPS) is 21.3. The molecule has 0 spiro atoms. The summed E-state index contributed by atoms with van der Waals surface area (Å²) < 4.78 is 19.6. The van der Waals surface area contributed by atoms with Gasteiger partial charge < -0.3 is 14.2 Å². The zero-order chi connectivity index (χ0) is 18.9. The second-order valence-electron chi connectivity index (χ2n) is 6.28. The van der Waals surface area contributed by atoms with E-state index in [9.17, 15) is 0 Å². The largest absolute Gasteiger partial charge is 0.457 e. The molecule has 6 nitrogen and oxygen atoms in total. The van der Waals surface area contributed by atoms with E-state index in [2.05, 4.69) is 10.1 Å². The molecule has 1 fully saturated rings. The van der Waals surface area contributed by atoms with E-state index in [0.29, 0.717) is 40.3 Å². The molecule has 0 saturated carbocycles. The Morgan fingerprint density at radius 3 is 2.54 bits per heavy atom. The van der Waals surface area contributed by atoms with Gasteiger partial charge >= 0.3 is 0 Å². The Labute approximate surface area is 178 Å². The van der Waals surface area contributed by atoms with Gasteiger partial charge in [0.15, 0.2) is 0 Å². The monoisotopic (exact) mass is 441 g/mol. The van der Waals surface area contributed by atoms with E-state index in [1.807, 2.05) is 19.1 Å². The summed E-state index contributed by atoms with van der Waals surface area (Å²) in [6.07, 6.45) is 3.02. The van der Waals surface area contributed by atoms with Crippen LogP contribution in [0.5, 0.6) is 11.5 Å². The molecule has 1 aromatic heterocycles. The first kappa shape index (κ1) is 20.9. The fourth-order valence-electron chi connectivity index (χ4n) is 2.99. The van der Waals surface area contributed by atoms with Crippen LogP contribution in [-0.2, 0) is 21.8 Å². The van der Waals surface area contributed by atoms with Gasteiger partial charge in [-0.2, -0.15) is 5.10 Å². The smallest absolute Gasteiger partial charge is 0.217 e. The predicted octanol–water partition coefficient (Wildman–Crippen LogP) is 5.09. The fraction of sp³-hybridized carbons (Fsp3) is 0.263. The second kappa shape index (κ2) is 8.68. The molecule has 0 bridgehead atoms. The molecule has 9 heteroatoms. The van der Waals surface area contributed by atoms with Gasteiger partial charge in [0.05, 0.1) is 17.7 Å². The third-order valence-corrected chi connectivity index (χ3v) is 4.74. The first-order chi connectivity index (χ1) is 13.0. The van der Waals surface area contributed by atoms with Crippen molar-refractivity contribution >= 4 is 35.6 Å². The number of halogens is 3. The van der Waals surface area contributed by atoms with Crippen LogP contribution in [0.25, 0.3) is 0 Å². The SMILES string of the molecule is C[C@H]1CO[C@](Cn2cncn2)(c2ccc(Oc3ccc(Cl)cc3)cc2Cl)O1.Cl. The standard InChI is InChI=1S/C19H17Cl2N3O3.ClH/c1-13-9-25-19(27-13,10-24-12-22-11-23-24)17-7-6-16(8-18(17)21)26-15-4-2-14(20)3-5-15;/h2-8,11-13H,9-10H2,1H3;1H/t13-,19-;/m0./s1. The summed E-state index contributed by atoms with van der Waals surface area (Å²) in [5.41, 5.74) is 0.715. The summed E-state index contributed by atoms with van der Waals surface area (Å²) >= 11 is 12.5. The van der Waals surface area contributed by atoms with Crippen LogP contribution >= 0.6 is 35.6 Å². The molecule has 0 amide bonds. The van der Waals surface area contributed by atoms with Gasteiger partial charge in [-0.05, 0) is 49.4 Å². The number of aromatic nitrogens is 3. The molecule has 2 atom stereocenters. The van der Waals surface area contributed by atoms with Crippen LogP contribution < -0.4 is 4.74 Å². The van der Waals surface area contributed by atoms with Crippen LogP contribution in [0, 0.1) is 0 Å². The zero-order valence-corrected chi connectivity index (χ0v) is 17.2. The van der Waals surface area contributed by atoms with Crippen LogP contribution in [0.3, 0.4) is 0 Å². The molecule has 0 aliphatic carbocycles. The maximum Gasteiger partial charge on any atom is 0.217 e. The molecule has 2 aromatic carbocycles. The van der Waals surface area contributed by atoms with Crippen molar-refractivity contribution in [3.63, 3.8) is 0 Å². The summed E-state index contributed by atoms with van der Waals surface area (Å²) in [4.78, 5) is 3.98. The quantitative estimate of drug-likeness (QED) is 0.551. The summed E-state index contributed by atoms with van der Waals surface area (Å²) in [5, 5.41) is 5.28. The number of hydrogen-bond donors (Lipinski definition) is 0. The summed E-state index contributed by atoms with van der Waals surface area (Å²) in [6.45, 7) is 2.76. The Kier molecular flexibility index (Phi) is 6.47. The van der Waals surface area contributed by atoms with Gasteiger partial charge in [-0.15, -0.1) is 12.4 Å². The highest BCUT2D eigenvalue weighted by molar-refractivity contribution is 6.31. The van der Waals surface area contributed by atoms with E-state index >= 15 is 0 Å². The molecule has 0 unspecified atom stereocenters. The first-order valence-electron chi connectivity index (χ1n) is 8.42. The third kappa shape index (κ3) is 4.42. The van der Waals surface area contributed by atoms with Crippen molar-refractivity contribution in [2.75, 3.05) is 6.61 Å². The van der Waals surface area contributed by atoms with Crippen molar-refractivity contribution in [2.24, 2.45) is 0 Å². The van der Waals surface area contributed by atoms with Crippen molar-refractivity contribution in [3.8, 4) is 11.5 Å². The molecule has 0 N–H and O–H groups in total. The molecule has 1 aliphatic rings. The van der Waals surface area contributed by atoms with Gasteiger partial charge in [0.2, 0.25) is 5.79 Å². The highest BCUT2D eigenvalue weighted by Gasteiger charge is 2.44. The van der Waals surface area contributed by atoms with E-state index in [1.54, 1.807) is 41.3 Å². The second-order valence-corrected chi connectivity index (χ2v) is 7.13. The van der Waals surface area contributed by atoms with Crippen molar-refractivity contribution in [3.05, 3.63) is 70.7 Å². The molecule has 1 aliphatic heterocycles. The lowest BCUT2D eigenvalue weighted by atomic mass is 10.1. The number of hydrogen-bond acceptors (Lipinski definition) is 5. The lowest BCUT2D eigenvalue weighted by Gasteiger charge is -2.29. The minimum absolute atomic E-state index is 0. The molecule has 1 saturated heterocycles. The third-order valence-electron chi connectivity index (χ3n) is 4.18. The summed E-state index contributed by atoms with van der Waals surface area (Å²) in [6, 6.07) is 12.5. The number of benzene rings is 2. The van der Waals surface area contributed by atoms with Crippen LogP contribution in [0.4, 0.5) is 0 Å². The van der Waals surface area contributed by atoms with Gasteiger partial charge in [0, 0.05) is 10.6 Å². The van der Waals surface area contributed by atoms with Gasteiger partial charge in [-0.1, -0.05) is 23.2 Å². The zero-order valence-electron chi connectivity index (χ0n) is 14.9. The van der Waals surface area contributed by atoms with Crippen LogP contribution in [0.2, 0.25) is 10.0 Å². The van der Waals surface area contributed by atoms with Crippen LogP contribution in [-0.4, -0.2) is 27.5 Å². The molecule has 28 heavy (non-hydrogen) atoms. The van der Waals surface area contributed by atoms with E-state index in [1.165, 1.54) is 6.33 Å². The average molecular weight is 443 g/mol. The minimum Gasteiger partial charge on any atom is -0.457 e. The lowest BCUT2D eigenvalue weighted by molar-refractivity contribution is -0.186. The van der Waals surface area contributed by atoms with E-state index in [-0.39, 0.29) is 18.5 Å². The maximum absolute atomic E-state index is 6.57. The maximum atomic E-state index is 6.57. The van der Waals surface area contributed by atoms with Gasteiger partial charge in [-0.25, -0.2) is 9.67 Å². The highest BCUT2D eigenvalue weighted by Crippen LogP contribution is 2.41. The molecule has 3 aromatic rings. The van der Waals surface area contributed by atoms with Crippen molar-refractivity contribution in [1.82, 2.24) is 14.8 Å². The topological polar surface area (TPSA) is 58.4 Å². The lowest BCUT2D eigenvalue weighted by Crippen LogP contribution is -2.34. The molecular formula is C19H18Cl3N3O3. The van der Waals surface area contributed by atoms with E-state index < -0.39 is 5.79 Å². The van der Waals surface area contributed by atoms with Crippen molar-refractivity contribution in [2.45, 2.75) is 25.4 Å². The van der Waals surface area contributed by atoms with E-state index in [4.69, 9.17) is 37.4 Å². The molecule has 148 valence electrons. The Hall–Kier alpha value is -1.83. The van der Waals surface area contributed by atoms with Crippen LogP contribution in [0.1, 0.15) is 12.5 Å². The van der Waals surface area contributed by atoms with Crippen molar-refractivity contribution in [1.29, 1.82) is 0 Å². The molecule has 4 rings (SSSR count). The van der Waals surface area contributed by atoms with Gasteiger partial charge in [-0.3, -0.25) is 0 Å². The van der Waals surface area contributed by atoms with Gasteiger partial charge in [0.1, 0.15) is 30.7 Å². The average Bonchev–Trinajstić information content (AvgIpc) is 3.28. The number of rotatable bonds is 5. The Morgan fingerprint density at radius 2 is 1.93 bits per heavy atom. The minimum atomic E-state index is -1.02. The first-order valence-corrected chi connectivity index (χ1v) is 9.17. The fourth-order valence-corrected chi connectivity index (χ4v) is 3.43. The number of nitrogens with zero attached hydrogens (tertiary/aromatic N) is 3. The highest BCUT2D eigenvalue weighted by atomic mass is 35.5. The van der Waals surface area contributed by atoms with Crippen molar-refractivity contribution < 1.29 is 14.2 Å². The predicted molar refractivity (Wildman–Crippen MR) is 108 cm³/mol. The Bertz CT molecular complexity index is 922. The summed E-state index contributed by atoms with van der Waals surface area (Å²) in [7, 11) is 0. The van der Waals surface area contributed by atoms with E-state index in [0.717, 1.165) is 0 Å². The molecule has 0 radical (unpaired) electrons. The van der Waals surface area contributed by atoms with Crippen LogP contribution in [0.15, 0.2) is 55.1 Å². The van der Waals surface area contributed by atoms with Gasteiger partial charge in [0.25, 0.3) is 0 Å². The molecule has 2 heterocycles. The molecular weight excluding hydrogens is 425 g/mol. The Morgan fingerprint density at radius 1 is 1.18 bits per heavy atom. The number of ether oxygens (including phenoxy) is 3.